The highest BCUT2D eigenvalue weighted by Crippen LogP contribution is 2.32. The molecule has 1 aromatic rings. The molecule has 8 heteroatoms. The Hall–Kier alpha value is -1.15. The van der Waals surface area contributed by atoms with E-state index in [9.17, 15) is 9.90 Å². The molecule has 1 unspecified atom stereocenters. The molecule has 1 aromatic heterocycles. The summed E-state index contributed by atoms with van der Waals surface area (Å²) in [6.45, 7) is -0.377. The van der Waals surface area contributed by atoms with Gasteiger partial charge in [0.25, 0.3) is 0 Å². The number of hydrogen-bond acceptors (Lipinski definition) is 6. The number of aromatic nitrogens is 2. The number of anilines is 1. The Bertz CT molecular complexity index is 466. The Morgan fingerprint density at radius 1 is 1.65 bits per heavy atom. The molecule has 7 nitrogen and oxygen atoms in total. The van der Waals surface area contributed by atoms with E-state index in [-0.39, 0.29) is 12.4 Å². The van der Waals surface area contributed by atoms with Gasteiger partial charge in [0, 0.05) is 6.20 Å². The van der Waals surface area contributed by atoms with Crippen LogP contribution in [0.25, 0.3) is 0 Å². The summed E-state index contributed by atoms with van der Waals surface area (Å²) < 4.78 is 6.42. The number of nitrogen functional groups attached to an aromatic ring is 1. The van der Waals surface area contributed by atoms with E-state index in [1.54, 1.807) is 0 Å². The third kappa shape index (κ3) is 2.14. The van der Waals surface area contributed by atoms with E-state index < -0.39 is 29.5 Å². The van der Waals surface area contributed by atoms with Crippen molar-refractivity contribution in [1.82, 2.24) is 9.55 Å². The van der Waals surface area contributed by atoms with Gasteiger partial charge in [-0.3, -0.25) is 4.57 Å². The second kappa shape index (κ2) is 4.61. The predicted molar refractivity (Wildman–Crippen MR) is 59.6 cm³/mol. The van der Waals surface area contributed by atoms with Crippen molar-refractivity contribution < 1.29 is 14.9 Å². The summed E-state index contributed by atoms with van der Waals surface area (Å²) in [6.07, 6.45) is -1.34. The first-order valence-corrected chi connectivity index (χ1v) is 5.41. The largest absolute Gasteiger partial charge is 0.394 e. The Morgan fingerprint density at radius 3 is 2.88 bits per heavy atom. The molecule has 1 saturated heterocycles. The molecule has 94 valence electrons. The Morgan fingerprint density at radius 2 is 2.35 bits per heavy atom. The number of aliphatic hydroxyl groups excluding tert-OH is 2. The van der Waals surface area contributed by atoms with Crippen LogP contribution < -0.4 is 11.4 Å². The van der Waals surface area contributed by atoms with Crippen molar-refractivity contribution in [2.45, 2.75) is 23.8 Å². The summed E-state index contributed by atoms with van der Waals surface area (Å²) >= 11 is 5.94. The van der Waals surface area contributed by atoms with E-state index >= 15 is 0 Å². The second-order valence-corrected chi connectivity index (χ2v) is 4.23. The maximum absolute atomic E-state index is 11.6. The number of nitrogens with zero attached hydrogens (tertiary/aromatic N) is 2. The average molecular weight is 262 g/mol. The minimum atomic E-state index is -1.05. The number of nitrogens with two attached hydrogens (primary N) is 1. The molecule has 0 bridgehead atoms. The molecule has 4 N–H and O–H groups in total. The number of alkyl halides is 1. The van der Waals surface area contributed by atoms with Crippen molar-refractivity contribution >= 4 is 17.4 Å². The first-order chi connectivity index (χ1) is 8.04. The van der Waals surface area contributed by atoms with Crippen LogP contribution in [0.1, 0.15) is 6.23 Å². The molecule has 2 heterocycles. The summed E-state index contributed by atoms with van der Waals surface area (Å²) in [7, 11) is 0. The highest BCUT2D eigenvalue weighted by atomic mass is 35.5. The normalized spacial score (nSPS) is 32.9. The lowest BCUT2D eigenvalue weighted by atomic mass is 10.2. The van der Waals surface area contributed by atoms with E-state index in [1.807, 2.05) is 0 Å². The zero-order valence-electron chi connectivity index (χ0n) is 8.73. The van der Waals surface area contributed by atoms with Gasteiger partial charge in [0.05, 0.1) is 6.61 Å². The van der Waals surface area contributed by atoms with E-state index in [4.69, 9.17) is 27.2 Å². The summed E-state index contributed by atoms with van der Waals surface area (Å²) in [6, 6.07) is 1.42. The zero-order chi connectivity index (χ0) is 12.6. The van der Waals surface area contributed by atoms with Gasteiger partial charge >= 0.3 is 5.69 Å². The van der Waals surface area contributed by atoms with Gasteiger partial charge in [-0.1, -0.05) is 0 Å². The molecule has 1 fully saturated rings. The molecule has 0 amide bonds. The first-order valence-electron chi connectivity index (χ1n) is 4.97. The molecule has 0 spiro atoms. The lowest BCUT2D eigenvalue weighted by Crippen LogP contribution is -2.32. The number of hydrogen-bond donors (Lipinski definition) is 3. The minimum Gasteiger partial charge on any atom is -0.394 e. The predicted octanol–water partition coefficient (Wildman–Crippen LogP) is -1.32. The Balaban J connectivity index is 2.32. The van der Waals surface area contributed by atoms with Gasteiger partial charge in [-0.05, 0) is 6.07 Å². The molecule has 1 aliphatic rings. The minimum absolute atomic E-state index is 0.0922. The van der Waals surface area contributed by atoms with Crippen LogP contribution in [-0.4, -0.2) is 44.0 Å². The number of aliphatic hydroxyl groups is 2. The highest BCUT2D eigenvalue weighted by Gasteiger charge is 2.43. The molecule has 0 aliphatic carbocycles. The number of ether oxygens (including phenoxy) is 1. The number of halogens is 1. The van der Waals surface area contributed by atoms with Crippen LogP contribution in [0.4, 0.5) is 5.82 Å². The fourth-order valence-electron chi connectivity index (χ4n) is 1.70. The van der Waals surface area contributed by atoms with Gasteiger partial charge in [-0.15, -0.1) is 11.6 Å². The fraction of sp³-hybridized carbons (Fsp3) is 0.556. The molecule has 2 rings (SSSR count). The van der Waals surface area contributed by atoms with Crippen LogP contribution in [0, 0.1) is 0 Å². The van der Waals surface area contributed by atoms with Gasteiger partial charge in [-0.25, -0.2) is 4.79 Å². The van der Waals surface area contributed by atoms with Crippen molar-refractivity contribution in [2.75, 3.05) is 12.3 Å². The lowest BCUT2D eigenvalue weighted by Gasteiger charge is -2.16. The van der Waals surface area contributed by atoms with Gasteiger partial charge in [0.15, 0.2) is 6.23 Å². The molecule has 17 heavy (non-hydrogen) atoms. The summed E-state index contributed by atoms with van der Waals surface area (Å²) in [5.41, 5.74) is 4.73. The summed E-state index contributed by atoms with van der Waals surface area (Å²) in [5.74, 6) is 0.0922. The van der Waals surface area contributed by atoms with Crippen LogP contribution in [-0.2, 0) is 4.74 Å². The highest BCUT2D eigenvalue weighted by molar-refractivity contribution is 6.21. The number of rotatable bonds is 2. The zero-order valence-corrected chi connectivity index (χ0v) is 9.49. The third-order valence-electron chi connectivity index (χ3n) is 2.60. The summed E-state index contributed by atoms with van der Waals surface area (Å²) in [5, 5.41) is 17.8. The van der Waals surface area contributed by atoms with Crippen LogP contribution in [0.5, 0.6) is 0 Å². The quantitative estimate of drug-likeness (QED) is 0.570. The van der Waals surface area contributed by atoms with E-state index in [2.05, 4.69) is 4.98 Å². The summed E-state index contributed by atoms with van der Waals surface area (Å²) in [4.78, 5) is 15.1. The second-order valence-electron chi connectivity index (χ2n) is 3.72. The van der Waals surface area contributed by atoms with E-state index in [1.165, 1.54) is 12.3 Å². The lowest BCUT2D eigenvalue weighted by molar-refractivity contribution is -0.0457. The van der Waals surface area contributed by atoms with Crippen molar-refractivity contribution in [1.29, 1.82) is 0 Å². The van der Waals surface area contributed by atoms with Gasteiger partial charge in [0.2, 0.25) is 0 Å². The molecule has 0 saturated carbocycles. The molecule has 0 radical (unpaired) electrons. The monoisotopic (exact) mass is 261 g/mol. The fourth-order valence-corrected chi connectivity index (χ4v) is 2.04. The maximum Gasteiger partial charge on any atom is 0.351 e. The molecule has 0 aromatic carbocycles. The van der Waals surface area contributed by atoms with Crippen LogP contribution in [0.2, 0.25) is 0 Å². The van der Waals surface area contributed by atoms with Gasteiger partial charge in [-0.2, -0.15) is 4.98 Å². The molecule has 4 atom stereocenters. The molecular weight excluding hydrogens is 250 g/mol. The topological polar surface area (TPSA) is 111 Å². The van der Waals surface area contributed by atoms with E-state index in [0.29, 0.717) is 0 Å². The Labute approximate surface area is 101 Å². The smallest absolute Gasteiger partial charge is 0.351 e. The molecule has 1 aliphatic heterocycles. The van der Waals surface area contributed by atoms with Crippen molar-refractivity contribution in [3.8, 4) is 0 Å². The maximum atomic E-state index is 11.6. The van der Waals surface area contributed by atoms with Gasteiger partial charge < -0.3 is 20.7 Å². The van der Waals surface area contributed by atoms with Crippen LogP contribution in [0.3, 0.4) is 0 Å². The van der Waals surface area contributed by atoms with Crippen molar-refractivity contribution in [3.63, 3.8) is 0 Å². The van der Waals surface area contributed by atoms with Crippen LogP contribution in [0.15, 0.2) is 17.1 Å². The first kappa shape index (κ1) is 12.3. The van der Waals surface area contributed by atoms with E-state index in [0.717, 1.165) is 4.57 Å². The standard InChI is InChI=1S/C9H12ClN3O4/c10-6-7(15)4(3-14)17-8(6)13-2-1-5(11)12-9(13)16/h1-2,4,6-8,14-15H,3H2,(H2,11,12,16)/t4-,6+,7?,8-/m1/s1. The van der Waals surface area contributed by atoms with Gasteiger partial charge in [0.1, 0.15) is 23.4 Å². The Kier molecular flexibility index (Phi) is 3.34. The van der Waals surface area contributed by atoms with Crippen molar-refractivity contribution in [2.24, 2.45) is 0 Å². The third-order valence-corrected chi connectivity index (χ3v) is 3.07. The average Bonchev–Trinajstić information content (AvgIpc) is 2.57. The molecular formula is C9H12ClN3O4. The van der Waals surface area contributed by atoms with Crippen LogP contribution >= 0.6 is 11.6 Å². The van der Waals surface area contributed by atoms with Crippen molar-refractivity contribution in [3.05, 3.63) is 22.7 Å². The SMILES string of the molecule is Nc1ccn([C@@H]2O[C@H](CO)C(O)[C@@H]2Cl)c(=O)n1.